The third-order valence-electron chi connectivity index (χ3n) is 2.97. The average molecular weight is 352 g/mol. The van der Waals surface area contributed by atoms with E-state index in [9.17, 15) is 18.0 Å². The summed E-state index contributed by atoms with van der Waals surface area (Å²) in [6.07, 6.45) is -2.69. The molecule has 1 amide bonds. The quantitative estimate of drug-likeness (QED) is 0.750. The van der Waals surface area contributed by atoms with Crippen LogP contribution in [0.3, 0.4) is 0 Å². The average Bonchev–Trinajstić information content (AvgIpc) is 2.38. The minimum atomic E-state index is -4.45. The second kappa shape index (κ2) is 7.11. The van der Waals surface area contributed by atoms with E-state index in [4.69, 9.17) is 0 Å². The summed E-state index contributed by atoms with van der Waals surface area (Å²) < 4.78 is 38.5. The predicted molar refractivity (Wildman–Crippen MR) is 75.6 cm³/mol. The summed E-state index contributed by atoms with van der Waals surface area (Å²) in [7, 11) is 0. The molecule has 0 bridgehead atoms. The molecule has 1 rings (SSSR count). The first-order valence-electron chi connectivity index (χ1n) is 6.47. The molecule has 0 unspecified atom stereocenters. The maximum atomic E-state index is 12.7. The van der Waals surface area contributed by atoms with Gasteiger partial charge >= 0.3 is 6.18 Å². The first kappa shape index (κ1) is 17.0. The number of amides is 1. The highest BCUT2D eigenvalue weighted by Crippen LogP contribution is 2.32. The Labute approximate surface area is 125 Å². The number of alkyl halides is 3. The molecule has 0 aromatic heterocycles. The highest BCUT2D eigenvalue weighted by Gasteiger charge is 2.32. The maximum absolute atomic E-state index is 12.7. The number of unbranched alkanes of at least 4 members (excludes halogenated alkanes) is 1. The molecule has 0 radical (unpaired) electrons. The molecule has 0 spiro atoms. The van der Waals surface area contributed by atoms with Crippen molar-refractivity contribution in [2.24, 2.45) is 0 Å². The lowest BCUT2D eigenvalue weighted by Crippen LogP contribution is -2.32. The van der Waals surface area contributed by atoms with Crippen molar-refractivity contribution in [3.05, 3.63) is 33.8 Å². The zero-order valence-corrected chi connectivity index (χ0v) is 13.0. The minimum absolute atomic E-state index is 0.0535. The van der Waals surface area contributed by atoms with Crippen molar-refractivity contribution in [3.8, 4) is 0 Å². The smallest absolute Gasteiger partial charge is 0.339 e. The number of carbonyl (C=O) groups is 1. The molecule has 0 saturated heterocycles. The van der Waals surface area contributed by atoms with Crippen LogP contribution in [0.2, 0.25) is 0 Å². The first-order chi connectivity index (χ1) is 9.31. The second-order valence-corrected chi connectivity index (χ2v) is 5.29. The lowest BCUT2D eigenvalue weighted by molar-refractivity contribution is -0.137. The van der Waals surface area contributed by atoms with Crippen LogP contribution in [-0.2, 0) is 6.18 Å². The zero-order chi connectivity index (χ0) is 15.3. The van der Waals surface area contributed by atoms with Gasteiger partial charge < -0.3 is 4.90 Å². The summed E-state index contributed by atoms with van der Waals surface area (Å²) in [6.45, 7) is 4.84. The van der Waals surface area contributed by atoms with Crippen LogP contribution in [0, 0.1) is 0 Å². The first-order valence-corrected chi connectivity index (χ1v) is 7.26. The Hall–Kier alpha value is -1.04. The standard InChI is InChI=1S/C14H17BrF3NO/c1-3-5-8-19(4-2)13(20)11-9-10(14(16,17)18)6-7-12(11)15/h6-7,9H,3-5,8H2,1-2H3. The zero-order valence-electron chi connectivity index (χ0n) is 11.4. The van der Waals surface area contributed by atoms with Crippen molar-refractivity contribution in [1.82, 2.24) is 4.90 Å². The lowest BCUT2D eigenvalue weighted by atomic mass is 10.1. The van der Waals surface area contributed by atoms with Crippen LogP contribution in [0.1, 0.15) is 42.6 Å². The van der Waals surface area contributed by atoms with E-state index >= 15 is 0 Å². The summed E-state index contributed by atoms with van der Waals surface area (Å²) in [6, 6.07) is 3.13. The number of nitrogens with zero attached hydrogens (tertiary/aromatic N) is 1. The van der Waals surface area contributed by atoms with E-state index in [1.807, 2.05) is 13.8 Å². The van der Waals surface area contributed by atoms with Crippen LogP contribution in [-0.4, -0.2) is 23.9 Å². The van der Waals surface area contributed by atoms with Gasteiger partial charge in [0, 0.05) is 17.6 Å². The molecule has 1 aromatic rings. The van der Waals surface area contributed by atoms with Gasteiger partial charge in [-0.2, -0.15) is 13.2 Å². The van der Waals surface area contributed by atoms with E-state index in [1.54, 1.807) is 4.90 Å². The predicted octanol–water partition coefficient (Wildman–Crippen LogP) is 4.73. The molecule has 112 valence electrons. The minimum Gasteiger partial charge on any atom is -0.339 e. The van der Waals surface area contributed by atoms with Gasteiger partial charge in [-0.15, -0.1) is 0 Å². The van der Waals surface area contributed by atoms with Crippen LogP contribution in [0.5, 0.6) is 0 Å². The fourth-order valence-corrected chi connectivity index (χ4v) is 2.20. The van der Waals surface area contributed by atoms with Crippen LogP contribution < -0.4 is 0 Å². The molecule has 20 heavy (non-hydrogen) atoms. The summed E-state index contributed by atoms with van der Waals surface area (Å²) in [5.74, 6) is -0.376. The van der Waals surface area contributed by atoms with Gasteiger partial charge in [-0.3, -0.25) is 4.79 Å². The third-order valence-corrected chi connectivity index (χ3v) is 3.67. The molecule has 0 heterocycles. The molecule has 0 fully saturated rings. The summed E-state index contributed by atoms with van der Waals surface area (Å²) in [5.41, 5.74) is -0.756. The van der Waals surface area contributed by atoms with Crippen molar-refractivity contribution in [2.75, 3.05) is 13.1 Å². The third kappa shape index (κ3) is 4.23. The monoisotopic (exact) mass is 351 g/mol. The van der Waals surface area contributed by atoms with Gasteiger partial charge in [0.25, 0.3) is 5.91 Å². The Morgan fingerprint density at radius 3 is 2.45 bits per heavy atom. The molecule has 0 aliphatic rings. The van der Waals surface area contributed by atoms with E-state index < -0.39 is 11.7 Å². The summed E-state index contributed by atoms with van der Waals surface area (Å²) >= 11 is 3.15. The number of halogens is 4. The highest BCUT2D eigenvalue weighted by atomic mass is 79.9. The Kier molecular flexibility index (Phi) is 6.05. The van der Waals surface area contributed by atoms with Crippen LogP contribution in [0.15, 0.2) is 22.7 Å². The van der Waals surface area contributed by atoms with Crippen LogP contribution in [0.4, 0.5) is 13.2 Å². The molecule has 1 aromatic carbocycles. The molecular weight excluding hydrogens is 335 g/mol. The Morgan fingerprint density at radius 2 is 1.95 bits per heavy atom. The molecule has 6 heteroatoms. The van der Waals surface area contributed by atoms with E-state index in [0.29, 0.717) is 17.6 Å². The summed E-state index contributed by atoms with van der Waals surface area (Å²) in [4.78, 5) is 13.9. The van der Waals surface area contributed by atoms with Crippen molar-refractivity contribution >= 4 is 21.8 Å². The van der Waals surface area contributed by atoms with Gasteiger partial charge in [-0.1, -0.05) is 13.3 Å². The number of carbonyl (C=O) groups excluding carboxylic acids is 1. The molecule has 0 aliphatic heterocycles. The van der Waals surface area contributed by atoms with Crippen molar-refractivity contribution < 1.29 is 18.0 Å². The Morgan fingerprint density at radius 1 is 1.30 bits per heavy atom. The van der Waals surface area contributed by atoms with Gasteiger partial charge in [0.05, 0.1) is 11.1 Å². The number of benzene rings is 1. The van der Waals surface area contributed by atoms with E-state index in [-0.39, 0.29) is 11.5 Å². The molecule has 2 nitrogen and oxygen atoms in total. The fourth-order valence-electron chi connectivity index (χ4n) is 1.79. The largest absolute Gasteiger partial charge is 0.416 e. The molecule has 0 saturated carbocycles. The van der Waals surface area contributed by atoms with Gasteiger partial charge in [0.1, 0.15) is 0 Å². The van der Waals surface area contributed by atoms with Crippen LogP contribution >= 0.6 is 15.9 Å². The second-order valence-electron chi connectivity index (χ2n) is 4.43. The van der Waals surface area contributed by atoms with Gasteiger partial charge in [-0.25, -0.2) is 0 Å². The Bertz CT molecular complexity index is 474. The van der Waals surface area contributed by atoms with Crippen molar-refractivity contribution in [2.45, 2.75) is 32.9 Å². The van der Waals surface area contributed by atoms with Gasteiger partial charge in [0.15, 0.2) is 0 Å². The van der Waals surface area contributed by atoms with Crippen molar-refractivity contribution in [3.63, 3.8) is 0 Å². The molecular formula is C14H17BrF3NO. The molecule has 0 atom stereocenters. The number of hydrogen-bond acceptors (Lipinski definition) is 1. The fraction of sp³-hybridized carbons (Fsp3) is 0.500. The lowest BCUT2D eigenvalue weighted by Gasteiger charge is -2.22. The van der Waals surface area contributed by atoms with Crippen LogP contribution in [0.25, 0.3) is 0 Å². The van der Waals surface area contributed by atoms with E-state index in [1.165, 1.54) is 6.07 Å². The highest BCUT2D eigenvalue weighted by molar-refractivity contribution is 9.10. The maximum Gasteiger partial charge on any atom is 0.416 e. The molecule has 0 N–H and O–H groups in total. The topological polar surface area (TPSA) is 20.3 Å². The number of rotatable bonds is 5. The molecule has 0 aliphatic carbocycles. The Balaban J connectivity index is 3.07. The SMILES string of the molecule is CCCCN(CC)C(=O)c1cc(C(F)(F)F)ccc1Br. The summed E-state index contributed by atoms with van der Waals surface area (Å²) in [5, 5.41) is 0. The normalized spacial score (nSPS) is 11.5. The van der Waals surface area contributed by atoms with Gasteiger partial charge in [0.2, 0.25) is 0 Å². The van der Waals surface area contributed by atoms with Crippen molar-refractivity contribution in [1.29, 1.82) is 0 Å². The number of hydrogen-bond donors (Lipinski definition) is 0. The van der Waals surface area contributed by atoms with E-state index in [2.05, 4.69) is 15.9 Å². The van der Waals surface area contributed by atoms with E-state index in [0.717, 1.165) is 25.0 Å². The van der Waals surface area contributed by atoms with Gasteiger partial charge in [-0.05, 0) is 47.5 Å².